The number of benzene rings is 1. The minimum atomic E-state index is -0.698. The molecule has 1 aromatic rings. The van der Waals surface area contributed by atoms with Crippen molar-refractivity contribution in [3.8, 4) is 0 Å². The highest BCUT2D eigenvalue weighted by Gasteiger charge is 2.20. The van der Waals surface area contributed by atoms with Crippen molar-refractivity contribution >= 4 is 22.6 Å². The van der Waals surface area contributed by atoms with Crippen molar-refractivity contribution in [2.75, 3.05) is 4.43 Å². The van der Waals surface area contributed by atoms with Crippen molar-refractivity contribution < 1.29 is 5.11 Å². The fourth-order valence-electron chi connectivity index (χ4n) is 1.30. The van der Waals surface area contributed by atoms with Gasteiger partial charge < -0.3 is 5.11 Å². The summed E-state index contributed by atoms with van der Waals surface area (Å²) in [5.41, 5.74) is 1.62. The third-order valence-corrected chi connectivity index (χ3v) is 3.94. The third-order valence-electron chi connectivity index (χ3n) is 2.46. The van der Waals surface area contributed by atoms with Crippen LogP contribution in [0.1, 0.15) is 37.8 Å². The summed E-state index contributed by atoms with van der Waals surface area (Å²) in [5.74, 6) is 0.550. The summed E-state index contributed by atoms with van der Waals surface area (Å²) in [7, 11) is 0. The van der Waals surface area contributed by atoms with Crippen LogP contribution in [0.3, 0.4) is 0 Å². The topological polar surface area (TPSA) is 20.2 Å². The van der Waals surface area contributed by atoms with E-state index in [2.05, 4.69) is 48.6 Å². The van der Waals surface area contributed by atoms with Gasteiger partial charge in [-0.3, -0.25) is 0 Å². The first-order valence-corrected chi connectivity index (χ1v) is 6.38. The van der Waals surface area contributed by atoms with E-state index in [1.807, 2.05) is 19.1 Å². The number of alkyl halides is 1. The molecule has 1 aromatic carbocycles. The fourth-order valence-corrected chi connectivity index (χ4v) is 1.74. The lowest BCUT2D eigenvalue weighted by atomic mass is 9.94. The van der Waals surface area contributed by atoms with Gasteiger partial charge >= 0.3 is 0 Å². The quantitative estimate of drug-likeness (QED) is 0.670. The largest absolute Gasteiger partial charge is 0.385 e. The number of aliphatic hydroxyl groups is 1. The highest BCUT2D eigenvalue weighted by Crippen LogP contribution is 2.24. The van der Waals surface area contributed by atoms with Crippen LogP contribution in [0.2, 0.25) is 0 Å². The van der Waals surface area contributed by atoms with Crippen LogP contribution >= 0.6 is 22.6 Å². The second-order valence-electron chi connectivity index (χ2n) is 4.18. The van der Waals surface area contributed by atoms with Crippen molar-refractivity contribution in [1.29, 1.82) is 0 Å². The predicted octanol–water partition coefficient (Wildman–Crippen LogP) is 3.45. The molecule has 0 aliphatic carbocycles. The maximum absolute atomic E-state index is 10.0. The number of rotatable bonds is 3. The molecule has 0 amide bonds. The highest BCUT2D eigenvalue weighted by atomic mass is 127. The zero-order chi connectivity index (χ0) is 10.8. The number of hydrogen-bond acceptors (Lipinski definition) is 1. The van der Waals surface area contributed by atoms with Crippen LogP contribution in [-0.4, -0.2) is 9.53 Å². The van der Waals surface area contributed by atoms with Gasteiger partial charge in [0.15, 0.2) is 0 Å². The normalized spacial score (nSPS) is 15.6. The zero-order valence-electron chi connectivity index (χ0n) is 8.92. The molecule has 14 heavy (non-hydrogen) atoms. The average Bonchev–Trinajstić information content (AvgIpc) is 2.18. The van der Waals surface area contributed by atoms with Crippen molar-refractivity contribution in [1.82, 2.24) is 0 Å². The molecule has 0 radical (unpaired) electrons. The highest BCUT2D eigenvalue weighted by molar-refractivity contribution is 14.1. The first kappa shape index (κ1) is 12.0. The Morgan fingerprint density at radius 3 is 2.14 bits per heavy atom. The Morgan fingerprint density at radius 2 is 1.79 bits per heavy atom. The summed E-state index contributed by atoms with van der Waals surface area (Å²) >= 11 is 2.21. The SMILES string of the molecule is CC(C)c1ccc(C(C)(O)CI)cc1. The molecule has 0 aliphatic heterocycles. The van der Waals surface area contributed by atoms with Gasteiger partial charge in [-0.25, -0.2) is 0 Å². The van der Waals surface area contributed by atoms with Crippen LogP contribution < -0.4 is 0 Å². The molecule has 2 heteroatoms. The molecule has 78 valence electrons. The van der Waals surface area contributed by atoms with Gasteiger partial charge in [0.1, 0.15) is 0 Å². The van der Waals surface area contributed by atoms with E-state index in [1.54, 1.807) is 0 Å². The van der Waals surface area contributed by atoms with Crippen molar-refractivity contribution in [3.05, 3.63) is 35.4 Å². The Balaban J connectivity index is 2.94. The van der Waals surface area contributed by atoms with Gasteiger partial charge in [0.25, 0.3) is 0 Å². The van der Waals surface area contributed by atoms with Gasteiger partial charge in [-0.1, -0.05) is 60.7 Å². The first-order valence-electron chi connectivity index (χ1n) is 4.86. The Kier molecular flexibility index (Phi) is 3.95. The molecule has 1 atom stereocenters. The van der Waals surface area contributed by atoms with Crippen molar-refractivity contribution in [2.45, 2.75) is 32.3 Å². The molecule has 1 nitrogen and oxygen atoms in total. The smallest absolute Gasteiger partial charge is 0.0957 e. The Labute approximate surface area is 99.7 Å². The number of hydrogen-bond donors (Lipinski definition) is 1. The molecule has 0 saturated heterocycles. The molecule has 0 saturated carbocycles. The Bertz CT molecular complexity index is 288. The van der Waals surface area contributed by atoms with E-state index in [4.69, 9.17) is 0 Å². The maximum Gasteiger partial charge on any atom is 0.0957 e. The van der Waals surface area contributed by atoms with E-state index < -0.39 is 5.60 Å². The minimum absolute atomic E-state index is 0.550. The van der Waals surface area contributed by atoms with Crippen LogP contribution in [0.5, 0.6) is 0 Å². The van der Waals surface area contributed by atoms with E-state index in [1.165, 1.54) is 5.56 Å². The van der Waals surface area contributed by atoms with E-state index in [9.17, 15) is 5.11 Å². The second-order valence-corrected chi connectivity index (χ2v) is 4.95. The van der Waals surface area contributed by atoms with Crippen LogP contribution in [0.4, 0.5) is 0 Å². The van der Waals surface area contributed by atoms with Crippen molar-refractivity contribution in [3.63, 3.8) is 0 Å². The molecular formula is C12H17IO. The minimum Gasteiger partial charge on any atom is -0.385 e. The van der Waals surface area contributed by atoms with Crippen LogP contribution in [0.15, 0.2) is 24.3 Å². The van der Waals surface area contributed by atoms with Gasteiger partial charge in [-0.2, -0.15) is 0 Å². The van der Waals surface area contributed by atoms with Gasteiger partial charge in [-0.15, -0.1) is 0 Å². The van der Waals surface area contributed by atoms with Crippen LogP contribution in [0.25, 0.3) is 0 Å². The second kappa shape index (κ2) is 4.62. The summed E-state index contributed by atoms with van der Waals surface area (Å²) in [6, 6.07) is 8.24. The van der Waals surface area contributed by atoms with E-state index in [-0.39, 0.29) is 0 Å². The molecule has 0 aliphatic rings. The predicted molar refractivity (Wildman–Crippen MR) is 69.0 cm³/mol. The summed E-state index contributed by atoms with van der Waals surface area (Å²) in [4.78, 5) is 0. The molecule has 1 N–H and O–H groups in total. The standard InChI is InChI=1S/C12H17IO/c1-9(2)10-4-6-11(7-5-10)12(3,14)8-13/h4-7,9,14H,8H2,1-3H3. The monoisotopic (exact) mass is 304 g/mol. The first-order chi connectivity index (χ1) is 6.47. The average molecular weight is 304 g/mol. The van der Waals surface area contributed by atoms with E-state index in [0.29, 0.717) is 10.3 Å². The van der Waals surface area contributed by atoms with Gasteiger partial charge in [0.05, 0.1) is 5.60 Å². The molecule has 0 fully saturated rings. The molecule has 0 aromatic heterocycles. The lowest BCUT2D eigenvalue weighted by molar-refractivity contribution is 0.0872. The summed E-state index contributed by atoms with van der Waals surface area (Å²) in [6.45, 7) is 6.20. The van der Waals surface area contributed by atoms with Crippen LogP contribution in [0, 0.1) is 0 Å². The molecule has 1 rings (SSSR count). The van der Waals surface area contributed by atoms with E-state index in [0.717, 1.165) is 5.56 Å². The summed E-state index contributed by atoms with van der Waals surface area (Å²) in [5, 5.41) is 10.0. The van der Waals surface area contributed by atoms with Gasteiger partial charge in [0.2, 0.25) is 0 Å². The fraction of sp³-hybridized carbons (Fsp3) is 0.500. The number of halogens is 1. The Morgan fingerprint density at radius 1 is 1.29 bits per heavy atom. The van der Waals surface area contributed by atoms with E-state index >= 15 is 0 Å². The Hall–Kier alpha value is -0.0900. The van der Waals surface area contributed by atoms with Crippen molar-refractivity contribution in [2.24, 2.45) is 0 Å². The molecule has 0 bridgehead atoms. The van der Waals surface area contributed by atoms with Gasteiger partial charge in [0, 0.05) is 4.43 Å². The lowest BCUT2D eigenvalue weighted by Gasteiger charge is -2.21. The molecule has 0 spiro atoms. The lowest BCUT2D eigenvalue weighted by Crippen LogP contribution is -2.22. The third kappa shape index (κ3) is 2.70. The van der Waals surface area contributed by atoms with Crippen LogP contribution in [-0.2, 0) is 5.60 Å². The molecule has 1 unspecified atom stereocenters. The molecule has 0 heterocycles. The van der Waals surface area contributed by atoms with Gasteiger partial charge in [-0.05, 0) is 24.0 Å². The molecular weight excluding hydrogens is 287 g/mol. The summed E-state index contributed by atoms with van der Waals surface area (Å²) in [6.07, 6.45) is 0. The maximum atomic E-state index is 10.0. The zero-order valence-corrected chi connectivity index (χ0v) is 11.1. The summed E-state index contributed by atoms with van der Waals surface area (Å²) < 4.78 is 0.714.